The number of ether oxygens (including phenoxy) is 1. The van der Waals surface area contributed by atoms with Crippen molar-refractivity contribution in [1.82, 2.24) is 5.32 Å². The van der Waals surface area contributed by atoms with Crippen molar-refractivity contribution in [2.75, 3.05) is 11.9 Å². The molecule has 108 valence electrons. The van der Waals surface area contributed by atoms with Crippen LogP contribution < -0.4 is 10.6 Å². The van der Waals surface area contributed by atoms with Gasteiger partial charge in [0.05, 0.1) is 5.56 Å². The molecule has 0 saturated carbocycles. The van der Waals surface area contributed by atoms with E-state index < -0.39 is 5.97 Å². The van der Waals surface area contributed by atoms with Crippen molar-refractivity contribution >= 4 is 23.5 Å². The summed E-state index contributed by atoms with van der Waals surface area (Å²) in [6.07, 6.45) is 0. The Balaban J connectivity index is 2.51. The van der Waals surface area contributed by atoms with E-state index in [1.54, 1.807) is 12.1 Å². The predicted molar refractivity (Wildman–Crippen MR) is 74.3 cm³/mol. The van der Waals surface area contributed by atoms with Gasteiger partial charge in [-0.05, 0) is 38.1 Å². The van der Waals surface area contributed by atoms with Gasteiger partial charge in [0, 0.05) is 18.7 Å². The first-order valence-electron chi connectivity index (χ1n) is 6.22. The standard InChI is InChI=1S/C14H18N2O4/c1-9(2)15-13(18)8-20-14(19)11-4-6-12(7-5-11)16-10(3)17/h4-7,9H,8H2,1-3H3,(H,15,18)(H,16,17). The number of esters is 1. The fourth-order valence-corrected chi connectivity index (χ4v) is 1.47. The largest absolute Gasteiger partial charge is 0.452 e. The number of rotatable bonds is 5. The van der Waals surface area contributed by atoms with Crippen molar-refractivity contribution in [3.63, 3.8) is 0 Å². The van der Waals surface area contributed by atoms with Gasteiger partial charge in [0.1, 0.15) is 0 Å². The van der Waals surface area contributed by atoms with E-state index in [2.05, 4.69) is 10.6 Å². The third-order valence-corrected chi connectivity index (χ3v) is 2.22. The molecule has 0 aliphatic carbocycles. The molecule has 0 heterocycles. The lowest BCUT2D eigenvalue weighted by Gasteiger charge is -2.09. The van der Waals surface area contributed by atoms with Crippen LogP contribution in [0.3, 0.4) is 0 Å². The van der Waals surface area contributed by atoms with Crippen LogP contribution in [-0.4, -0.2) is 30.4 Å². The van der Waals surface area contributed by atoms with E-state index in [0.717, 1.165) is 0 Å². The molecule has 0 aromatic heterocycles. The van der Waals surface area contributed by atoms with Crippen LogP contribution in [0.25, 0.3) is 0 Å². The lowest BCUT2D eigenvalue weighted by Crippen LogP contribution is -2.33. The molecule has 0 aliphatic heterocycles. The Hall–Kier alpha value is -2.37. The van der Waals surface area contributed by atoms with E-state index in [1.807, 2.05) is 13.8 Å². The maximum absolute atomic E-state index is 11.7. The number of amides is 2. The molecule has 1 rings (SSSR count). The van der Waals surface area contributed by atoms with Crippen LogP contribution in [0.15, 0.2) is 24.3 Å². The molecule has 0 radical (unpaired) electrons. The van der Waals surface area contributed by atoms with E-state index in [-0.39, 0.29) is 24.5 Å². The second-order valence-corrected chi connectivity index (χ2v) is 4.56. The van der Waals surface area contributed by atoms with E-state index in [4.69, 9.17) is 4.74 Å². The molecule has 0 spiro atoms. The van der Waals surface area contributed by atoms with Gasteiger partial charge in [-0.1, -0.05) is 0 Å². The molecule has 0 atom stereocenters. The van der Waals surface area contributed by atoms with Gasteiger partial charge in [-0.2, -0.15) is 0 Å². The Labute approximate surface area is 117 Å². The van der Waals surface area contributed by atoms with Gasteiger partial charge >= 0.3 is 5.97 Å². The van der Waals surface area contributed by atoms with Crippen LogP contribution in [0.4, 0.5) is 5.69 Å². The van der Waals surface area contributed by atoms with E-state index >= 15 is 0 Å². The molecular formula is C14H18N2O4. The Morgan fingerprint density at radius 3 is 2.25 bits per heavy atom. The first kappa shape index (κ1) is 15.7. The average molecular weight is 278 g/mol. The first-order chi connectivity index (χ1) is 9.38. The fraction of sp³-hybridized carbons (Fsp3) is 0.357. The zero-order chi connectivity index (χ0) is 15.1. The second-order valence-electron chi connectivity index (χ2n) is 4.56. The normalized spacial score (nSPS) is 10.0. The minimum absolute atomic E-state index is 0.00172. The van der Waals surface area contributed by atoms with Crippen molar-refractivity contribution in [3.8, 4) is 0 Å². The maximum Gasteiger partial charge on any atom is 0.338 e. The van der Waals surface area contributed by atoms with Gasteiger partial charge in [-0.3, -0.25) is 9.59 Å². The number of hydrogen-bond acceptors (Lipinski definition) is 4. The van der Waals surface area contributed by atoms with Crippen LogP contribution in [0.1, 0.15) is 31.1 Å². The van der Waals surface area contributed by atoms with Crippen LogP contribution in [0.2, 0.25) is 0 Å². The number of anilines is 1. The average Bonchev–Trinajstić information content (AvgIpc) is 2.35. The zero-order valence-electron chi connectivity index (χ0n) is 11.7. The summed E-state index contributed by atoms with van der Waals surface area (Å²) in [4.78, 5) is 33.9. The highest BCUT2D eigenvalue weighted by Gasteiger charge is 2.10. The Morgan fingerprint density at radius 1 is 1.15 bits per heavy atom. The zero-order valence-corrected chi connectivity index (χ0v) is 11.7. The second kappa shape index (κ2) is 7.28. The monoisotopic (exact) mass is 278 g/mol. The smallest absolute Gasteiger partial charge is 0.338 e. The van der Waals surface area contributed by atoms with Crippen LogP contribution >= 0.6 is 0 Å². The summed E-state index contributed by atoms with van der Waals surface area (Å²) in [5, 5.41) is 5.20. The molecule has 0 saturated heterocycles. The van der Waals surface area contributed by atoms with Gasteiger partial charge in [-0.25, -0.2) is 4.79 Å². The number of nitrogens with one attached hydrogen (secondary N) is 2. The maximum atomic E-state index is 11.7. The van der Waals surface area contributed by atoms with Gasteiger partial charge in [-0.15, -0.1) is 0 Å². The molecule has 0 fully saturated rings. The molecule has 20 heavy (non-hydrogen) atoms. The molecule has 0 bridgehead atoms. The Kier molecular flexibility index (Phi) is 5.71. The molecular weight excluding hydrogens is 260 g/mol. The van der Waals surface area contributed by atoms with Crippen molar-refractivity contribution in [2.24, 2.45) is 0 Å². The van der Waals surface area contributed by atoms with Crippen LogP contribution in [0, 0.1) is 0 Å². The molecule has 0 aliphatic rings. The Bertz CT molecular complexity index is 494. The molecule has 1 aromatic carbocycles. The van der Waals surface area contributed by atoms with E-state index in [9.17, 15) is 14.4 Å². The van der Waals surface area contributed by atoms with Crippen molar-refractivity contribution in [2.45, 2.75) is 26.8 Å². The topological polar surface area (TPSA) is 84.5 Å². The number of benzene rings is 1. The first-order valence-corrected chi connectivity index (χ1v) is 6.22. The molecule has 6 nitrogen and oxygen atoms in total. The summed E-state index contributed by atoms with van der Waals surface area (Å²) in [5.74, 6) is -1.12. The number of carbonyl (C=O) groups is 3. The SMILES string of the molecule is CC(=O)Nc1ccc(C(=O)OCC(=O)NC(C)C)cc1. The van der Waals surface area contributed by atoms with Crippen LogP contribution in [0.5, 0.6) is 0 Å². The summed E-state index contributed by atoms with van der Waals surface area (Å²) < 4.78 is 4.87. The fourth-order valence-electron chi connectivity index (χ4n) is 1.47. The van der Waals surface area contributed by atoms with Gasteiger partial charge < -0.3 is 15.4 Å². The summed E-state index contributed by atoms with van der Waals surface area (Å²) in [5.41, 5.74) is 0.906. The van der Waals surface area contributed by atoms with Crippen molar-refractivity contribution in [1.29, 1.82) is 0 Å². The van der Waals surface area contributed by atoms with Crippen molar-refractivity contribution in [3.05, 3.63) is 29.8 Å². The number of carbonyl (C=O) groups excluding carboxylic acids is 3. The lowest BCUT2D eigenvalue weighted by atomic mass is 10.2. The van der Waals surface area contributed by atoms with Crippen LogP contribution in [-0.2, 0) is 14.3 Å². The molecule has 1 aromatic rings. The molecule has 2 N–H and O–H groups in total. The Morgan fingerprint density at radius 2 is 1.75 bits per heavy atom. The summed E-state index contributed by atoms with van der Waals surface area (Å²) >= 11 is 0. The number of hydrogen-bond donors (Lipinski definition) is 2. The summed E-state index contributed by atoms with van der Waals surface area (Å²) in [7, 11) is 0. The third-order valence-electron chi connectivity index (χ3n) is 2.22. The van der Waals surface area contributed by atoms with E-state index in [0.29, 0.717) is 11.3 Å². The van der Waals surface area contributed by atoms with E-state index in [1.165, 1.54) is 19.1 Å². The lowest BCUT2D eigenvalue weighted by molar-refractivity contribution is -0.124. The quantitative estimate of drug-likeness (QED) is 0.796. The minimum atomic E-state index is -0.585. The molecule has 6 heteroatoms. The van der Waals surface area contributed by atoms with Gasteiger partial charge in [0.2, 0.25) is 5.91 Å². The molecule has 0 unspecified atom stereocenters. The van der Waals surface area contributed by atoms with Crippen molar-refractivity contribution < 1.29 is 19.1 Å². The highest BCUT2D eigenvalue weighted by atomic mass is 16.5. The highest BCUT2D eigenvalue weighted by Crippen LogP contribution is 2.10. The third kappa shape index (κ3) is 5.51. The predicted octanol–water partition coefficient (Wildman–Crippen LogP) is 1.33. The van der Waals surface area contributed by atoms with Gasteiger partial charge in [0.15, 0.2) is 6.61 Å². The molecule has 2 amide bonds. The summed E-state index contributed by atoms with van der Waals surface area (Å²) in [6.45, 7) is 4.72. The summed E-state index contributed by atoms with van der Waals surface area (Å²) in [6, 6.07) is 6.22. The highest BCUT2D eigenvalue weighted by molar-refractivity contribution is 5.93. The van der Waals surface area contributed by atoms with Gasteiger partial charge in [0.25, 0.3) is 5.91 Å². The minimum Gasteiger partial charge on any atom is -0.452 e.